The number of hydrazine groups is 1. The molecule has 28 heavy (non-hydrogen) atoms. The zero-order valence-corrected chi connectivity index (χ0v) is 17.8. The van der Waals surface area contributed by atoms with Crippen LogP contribution in [0.2, 0.25) is 0 Å². The Morgan fingerprint density at radius 2 is 1.64 bits per heavy atom. The van der Waals surface area contributed by atoms with Gasteiger partial charge in [-0.25, -0.2) is 0 Å². The van der Waals surface area contributed by atoms with Crippen molar-refractivity contribution in [3.63, 3.8) is 0 Å². The zero-order valence-electron chi connectivity index (χ0n) is 15.4. The van der Waals surface area contributed by atoms with Crippen molar-refractivity contribution in [2.75, 3.05) is 13.2 Å². The van der Waals surface area contributed by atoms with Crippen LogP contribution in [-0.4, -0.2) is 30.1 Å². The first-order chi connectivity index (χ1) is 13.3. The average Bonchev–Trinajstić information content (AvgIpc) is 2.66. The van der Waals surface area contributed by atoms with Crippen LogP contribution >= 0.6 is 28.1 Å². The molecule has 2 amide bonds. The average molecular weight is 466 g/mol. The van der Waals surface area contributed by atoms with Crippen molar-refractivity contribution >= 4 is 45.1 Å². The number of nitrogens with one attached hydrogen (secondary N) is 3. The molecule has 148 valence electrons. The number of hydrogen-bond acceptors (Lipinski definition) is 5. The Labute approximate surface area is 176 Å². The maximum Gasteiger partial charge on any atom is 0.276 e. The van der Waals surface area contributed by atoms with Crippen LogP contribution in [0, 0.1) is 13.8 Å². The summed E-state index contributed by atoms with van der Waals surface area (Å²) in [5.41, 5.74) is 6.80. The highest BCUT2D eigenvalue weighted by atomic mass is 79.9. The predicted molar refractivity (Wildman–Crippen MR) is 113 cm³/mol. The number of rotatable bonds is 6. The molecule has 7 nitrogen and oxygen atoms in total. The molecule has 0 bridgehead atoms. The van der Waals surface area contributed by atoms with E-state index >= 15 is 0 Å². The Hall–Kier alpha value is -2.65. The maximum atomic E-state index is 11.9. The summed E-state index contributed by atoms with van der Waals surface area (Å²) in [7, 11) is 0. The van der Waals surface area contributed by atoms with Gasteiger partial charge in [0.05, 0.1) is 0 Å². The van der Waals surface area contributed by atoms with Gasteiger partial charge in [0.25, 0.3) is 11.8 Å². The number of halogens is 1. The van der Waals surface area contributed by atoms with E-state index in [0.29, 0.717) is 11.5 Å². The highest BCUT2D eigenvalue weighted by Gasteiger charge is 2.08. The molecule has 0 spiro atoms. The molecule has 2 rings (SSSR count). The van der Waals surface area contributed by atoms with Gasteiger partial charge in [0.15, 0.2) is 18.3 Å². The van der Waals surface area contributed by atoms with Crippen LogP contribution in [0.15, 0.2) is 46.9 Å². The highest BCUT2D eigenvalue weighted by molar-refractivity contribution is 9.10. The molecule has 0 unspecified atom stereocenters. The van der Waals surface area contributed by atoms with Gasteiger partial charge >= 0.3 is 0 Å². The molecule has 0 heterocycles. The molecule has 0 aliphatic rings. The van der Waals surface area contributed by atoms with Crippen LogP contribution < -0.4 is 25.6 Å². The monoisotopic (exact) mass is 465 g/mol. The van der Waals surface area contributed by atoms with Crippen LogP contribution in [0.4, 0.5) is 0 Å². The van der Waals surface area contributed by atoms with Crippen molar-refractivity contribution in [2.24, 2.45) is 0 Å². The molecule has 9 heteroatoms. The lowest BCUT2D eigenvalue weighted by Crippen LogP contribution is -2.50. The summed E-state index contributed by atoms with van der Waals surface area (Å²) in [6.07, 6.45) is 0. The molecule has 0 aliphatic carbocycles. The lowest BCUT2D eigenvalue weighted by Gasteiger charge is -2.12. The highest BCUT2D eigenvalue weighted by Crippen LogP contribution is 2.21. The quantitative estimate of drug-likeness (QED) is 0.448. The minimum Gasteiger partial charge on any atom is -0.484 e. The summed E-state index contributed by atoms with van der Waals surface area (Å²) in [4.78, 5) is 23.6. The zero-order chi connectivity index (χ0) is 20.5. The molecule has 0 aliphatic heterocycles. The third-order valence-electron chi connectivity index (χ3n) is 3.43. The van der Waals surface area contributed by atoms with Crippen molar-refractivity contribution in [1.82, 2.24) is 16.2 Å². The van der Waals surface area contributed by atoms with Gasteiger partial charge in [0, 0.05) is 4.47 Å². The lowest BCUT2D eigenvalue weighted by molar-refractivity contribution is -0.124. The number of aryl methyl sites for hydroxylation is 2. The smallest absolute Gasteiger partial charge is 0.276 e. The van der Waals surface area contributed by atoms with E-state index in [0.717, 1.165) is 15.6 Å². The summed E-state index contributed by atoms with van der Waals surface area (Å²) in [6, 6.07) is 12.7. The van der Waals surface area contributed by atoms with Gasteiger partial charge in [0.1, 0.15) is 11.5 Å². The van der Waals surface area contributed by atoms with Crippen LogP contribution in [0.25, 0.3) is 0 Å². The van der Waals surface area contributed by atoms with Crippen molar-refractivity contribution in [3.05, 3.63) is 58.1 Å². The molecule has 2 aromatic carbocycles. The number of hydrogen-bond donors (Lipinski definition) is 3. The van der Waals surface area contributed by atoms with Crippen LogP contribution in [0.5, 0.6) is 11.5 Å². The van der Waals surface area contributed by atoms with E-state index < -0.39 is 11.8 Å². The fourth-order valence-electron chi connectivity index (χ4n) is 2.07. The van der Waals surface area contributed by atoms with Crippen molar-refractivity contribution in [3.8, 4) is 11.5 Å². The number of carbonyl (C=O) groups excluding carboxylic acids is 2. The van der Waals surface area contributed by atoms with Gasteiger partial charge < -0.3 is 9.47 Å². The standard InChI is InChI=1S/C19H20BrN3O4S/c1-12-4-3-5-14(8-12)27-11-18(25)22-23-19(28)21-17(24)10-26-15-6-7-16(20)13(2)9-15/h3-9H,10-11H2,1-2H3,(H,22,25)(H2,21,23,24,28). The van der Waals surface area contributed by atoms with Crippen LogP contribution in [0.3, 0.4) is 0 Å². The van der Waals surface area contributed by atoms with Gasteiger partial charge in [-0.1, -0.05) is 28.1 Å². The molecule has 0 saturated carbocycles. The van der Waals surface area contributed by atoms with Gasteiger partial charge in [-0.05, 0) is 67.5 Å². The first-order valence-corrected chi connectivity index (χ1v) is 9.50. The molecular formula is C19H20BrN3O4S. The largest absolute Gasteiger partial charge is 0.484 e. The van der Waals surface area contributed by atoms with E-state index in [2.05, 4.69) is 32.1 Å². The van der Waals surface area contributed by atoms with Crippen LogP contribution in [-0.2, 0) is 9.59 Å². The summed E-state index contributed by atoms with van der Waals surface area (Å²) < 4.78 is 11.7. The van der Waals surface area contributed by atoms with E-state index in [4.69, 9.17) is 21.7 Å². The van der Waals surface area contributed by atoms with Gasteiger partial charge in [-0.2, -0.15) is 0 Å². The first kappa shape index (κ1) is 21.6. The topological polar surface area (TPSA) is 88.7 Å². The Morgan fingerprint density at radius 1 is 0.964 bits per heavy atom. The van der Waals surface area contributed by atoms with Gasteiger partial charge in [-0.3, -0.25) is 25.8 Å². The fourth-order valence-corrected chi connectivity index (χ4v) is 2.48. The molecule has 0 aromatic heterocycles. The summed E-state index contributed by atoms with van der Waals surface area (Å²) in [5.74, 6) is 0.255. The lowest BCUT2D eigenvalue weighted by atomic mass is 10.2. The van der Waals surface area contributed by atoms with E-state index in [1.54, 1.807) is 12.1 Å². The van der Waals surface area contributed by atoms with Crippen LogP contribution in [0.1, 0.15) is 11.1 Å². The van der Waals surface area contributed by atoms with Crippen molar-refractivity contribution in [2.45, 2.75) is 13.8 Å². The number of carbonyl (C=O) groups is 2. The third-order valence-corrected chi connectivity index (χ3v) is 4.52. The second kappa shape index (κ2) is 10.6. The number of amides is 2. The predicted octanol–water partition coefficient (Wildman–Crippen LogP) is 2.55. The SMILES string of the molecule is Cc1cccc(OCC(=O)NNC(=S)NC(=O)COc2ccc(Br)c(C)c2)c1. The van der Waals surface area contributed by atoms with E-state index in [-0.39, 0.29) is 18.3 Å². The molecule has 3 N–H and O–H groups in total. The number of benzene rings is 2. The van der Waals surface area contributed by atoms with Crippen molar-refractivity contribution < 1.29 is 19.1 Å². The number of ether oxygens (including phenoxy) is 2. The minimum atomic E-state index is -0.455. The molecule has 0 radical (unpaired) electrons. The number of thiocarbonyl (C=S) groups is 1. The summed E-state index contributed by atoms with van der Waals surface area (Å²) in [6.45, 7) is 3.44. The molecular weight excluding hydrogens is 446 g/mol. The minimum absolute atomic E-state index is 0.0514. The van der Waals surface area contributed by atoms with E-state index in [1.165, 1.54) is 0 Å². The Morgan fingerprint density at radius 3 is 2.32 bits per heavy atom. The van der Waals surface area contributed by atoms with E-state index in [9.17, 15) is 9.59 Å². The molecule has 0 fully saturated rings. The Kier molecular flexibility index (Phi) is 8.21. The third kappa shape index (κ3) is 7.53. The second-order valence-electron chi connectivity index (χ2n) is 5.86. The molecule has 2 aromatic rings. The fraction of sp³-hybridized carbons (Fsp3) is 0.211. The van der Waals surface area contributed by atoms with E-state index in [1.807, 2.05) is 44.2 Å². The van der Waals surface area contributed by atoms with Gasteiger partial charge in [-0.15, -0.1) is 0 Å². The van der Waals surface area contributed by atoms with Crippen molar-refractivity contribution in [1.29, 1.82) is 0 Å². The normalized spacial score (nSPS) is 9.96. The van der Waals surface area contributed by atoms with Gasteiger partial charge in [0.2, 0.25) is 0 Å². The Balaban J connectivity index is 1.66. The second-order valence-corrected chi connectivity index (χ2v) is 7.12. The molecule has 0 atom stereocenters. The summed E-state index contributed by atoms with van der Waals surface area (Å²) in [5, 5.41) is 2.35. The first-order valence-electron chi connectivity index (χ1n) is 8.30. The summed E-state index contributed by atoms with van der Waals surface area (Å²) >= 11 is 8.35. The Bertz CT molecular complexity index is 876. The molecule has 0 saturated heterocycles. The maximum absolute atomic E-state index is 11.9.